The third kappa shape index (κ3) is 2.52. The van der Waals surface area contributed by atoms with Crippen molar-refractivity contribution >= 4 is 17.5 Å². The highest BCUT2D eigenvalue weighted by Crippen LogP contribution is 2.48. The molecule has 0 spiro atoms. The van der Waals surface area contributed by atoms with Gasteiger partial charge >= 0.3 is 6.01 Å². The predicted molar refractivity (Wildman–Crippen MR) is 61.8 cm³/mol. The number of rotatable bonds is 5. The van der Waals surface area contributed by atoms with Crippen LogP contribution in [-0.2, 0) is 0 Å². The van der Waals surface area contributed by atoms with E-state index in [1.807, 2.05) is 0 Å². The van der Waals surface area contributed by atoms with Crippen LogP contribution in [0.2, 0.25) is 5.28 Å². The Morgan fingerprint density at radius 2 is 2.12 bits per heavy atom. The zero-order valence-electron chi connectivity index (χ0n) is 9.46. The molecular formula is C10H15ClN4O. The van der Waals surface area contributed by atoms with Crippen molar-refractivity contribution in [3.05, 3.63) is 5.28 Å². The van der Waals surface area contributed by atoms with Gasteiger partial charge in [-0.25, -0.2) is 0 Å². The Morgan fingerprint density at radius 1 is 1.38 bits per heavy atom. The van der Waals surface area contributed by atoms with Crippen LogP contribution in [0, 0.1) is 5.41 Å². The van der Waals surface area contributed by atoms with E-state index in [0.29, 0.717) is 11.4 Å². The van der Waals surface area contributed by atoms with E-state index in [0.717, 1.165) is 6.54 Å². The fourth-order valence-corrected chi connectivity index (χ4v) is 1.75. The Labute approximate surface area is 99.6 Å². The number of anilines is 1. The summed E-state index contributed by atoms with van der Waals surface area (Å²) in [7, 11) is 1.50. The van der Waals surface area contributed by atoms with Crippen LogP contribution in [0.4, 0.5) is 5.95 Å². The molecule has 6 heteroatoms. The first-order valence-electron chi connectivity index (χ1n) is 5.37. The van der Waals surface area contributed by atoms with Gasteiger partial charge in [0, 0.05) is 6.54 Å². The summed E-state index contributed by atoms with van der Waals surface area (Å²) in [6, 6.07) is 0.240. The van der Waals surface area contributed by atoms with Crippen molar-refractivity contribution in [3.8, 4) is 6.01 Å². The normalized spacial score (nSPS) is 16.9. The molecule has 1 aromatic heterocycles. The Morgan fingerprint density at radius 3 is 2.69 bits per heavy atom. The van der Waals surface area contributed by atoms with E-state index in [4.69, 9.17) is 16.3 Å². The first-order valence-corrected chi connectivity index (χ1v) is 5.75. The lowest BCUT2D eigenvalue weighted by atomic mass is 10.0. The Bertz CT molecular complexity index is 381. The summed E-state index contributed by atoms with van der Waals surface area (Å²) in [6.07, 6.45) is 3.72. The molecule has 88 valence electrons. The first kappa shape index (κ1) is 11.4. The van der Waals surface area contributed by atoms with E-state index in [2.05, 4.69) is 27.2 Å². The summed E-state index contributed by atoms with van der Waals surface area (Å²) < 4.78 is 4.92. The SMILES string of the molecule is CCC1(CNc2nc(Cl)nc(OC)n2)CC1. The minimum absolute atomic E-state index is 0.149. The zero-order chi connectivity index (χ0) is 11.6. The molecule has 2 rings (SSSR count). The van der Waals surface area contributed by atoms with Gasteiger partial charge in [0.25, 0.3) is 0 Å². The van der Waals surface area contributed by atoms with Crippen LogP contribution >= 0.6 is 11.6 Å². The second-order valence-electron chi connectivity index (χ2n) is 4.12. The number of hydrogen-bond acceptors (Lipinski definition) is 5. The lowest BCUT2D eigenvalue weighted by Crippen LogP contribution is -2.16. The fraction of sp³-hybridized carbons (Fsp3) is 0.700. The van der Waals surface area contributed by atoms with Crippen molar-refractivity contribution in [1.82, 2.24) is 15.0 Å². The van der Waals surface area contributed by atoms with E-state index in [-0.39, 0.29) is 11.3 Å². The van der Waals surface area contributed by atoms with Gasteiger partial charge in [0.1, 0.15) is 0 Å². The van der Waals surface area contributed by atoms with Crippen LogP contribution < -0.4 is 10.1 Å². The van der Waals surface area contributed by atoms with E-state index in [1.54, 1.807) is 0 Å². The first-order chi connectivity index (χ1) is 7.67. The van der Waals surface area contributed by atoms with E-state index >= 15 is 0 Å². The topological polar surface area (TPSA) is 59.9 Å². The Balaban J connectivity index is 2.01. The van der Waals surface area contributed by atoms with Gasteiger partial charge in [-0.3, -0.25) is 0 Å². The Kier molecular flexibility index (Phi) is 3.14. The highest BCUT2D eigenvalue weighted by Gasteiger charge is 2.40. The molecule has 0 saturated heterocycles. The van der Waals surface area contributed by atoms with Crippen LogP contribution in [0.3, 0.4) is 0 Å². The van der Waals surface area contributed by atoms with Crippen molar-refractivity contribution in [1.29, 1.82) is 0 Å². The molecule has 0 bridgehead atoms. The molecule has 5 nitrogen and oxygen atoms in total. The van der Waals surface area contributed by atoms with Crippen LogP contribution in [0.25, 0.3) is 0 Å². The van der Waals surface area contributed by atoms with Gasteiger partial charge in [0.2, 0.25) is 11.2 Å². The Hall–Kier alpha value is -1.10. The number of nitrogens with zero attached hydrogens (tertiary/aromatic N) is 3. The maximum atomic E-state index is 5.75. The maximum absolute atomic E-state index is 5.75. The molecule has 16 heavy (non-hydrogen) atoms. The maximum Gasteiger partial charge on any atom is 0.322 e. The van der Waals surface area contributed by atoms with E-state index < -0.39 is 0 Å². The largest absolute Gasteiger partial charge is 0.467 e. The van der Waals surface area contributed by atoms with Crippen molar-refractivity contribution in [3.63, 3.8) is 0 Å². The molecular weight excluding hydrogens is 228 g/mol. The summed E-state index contributed by atoms with van der Waals surface area (Å²) in [4.78, 5) is 11.9. The second-order valence-corrected chi connectivity index (χ2v) is 4.46. The lowest BCUT2D eigenvalue weighted by Gasteiger charge is -2.13. The summed E-state index contributed by atoms with van der Waals surface area (Å²) in [6.45, 7) is 3.09. The van der Waals surface area contributed by atoms with Gasteiger partial charge in [0.15, 0.2) is 0 Å². The molecule has 0 unspecified atom stereocenters. The monoisotopic (exact) mass is 242 g/mol. The number of ether oxygens (including phenoxy) is 1. The minimum Gasteiger partial charge on any atom is -0.467 e. The molecule has 1 fully saturated rings. The van der Waals surface area contributed by atoms with Gasteiger partial charge in [0.05, 0.1) is 7.11 Å². The van der Waals surface area contributed by atoms with E-state index in [9.17, 15) is 0 Å². The van der Waals surface area contributed by atoms with Gasteiger partial charge in [-0.15, -0.1) is 0 Å². The summed E-state index contributed by atoms with van der Waals surface area (Å²) in [5, 5.41) is 3.34. The minimum atomic E-state index is 0.149. The summed E-state index contributed by atoms with van der Waals surface area (Å²) in [5.41, 5.74) is 0.437. The quantitative estimate of drug-likeness (QED) is 0.857. The average Bonchev–Trinajstić information content (AvgIpc) is 3.06. The highest BCUT2D eigenvalue weighted by atomic mass is 35.5. The molecule has 0 amide bonds. The molecule has 0 radical (unpaired) electrons. The third-order valence-corrected chi connectivity index (χ3v) is 3.27. The van der Waals surface area contributed by atoms with Gasteiger partial charge < -0.3 is 10.1 Å². The molecule has 1 N–H and O–H groups in total. The number of aromatic nitrogens is 3. The van der Waals surface area contributed by atoms with Crippen molar-refractivity contribution in [2.45, 2.75) is 26.2 Å². The third-order valence-electron chi connectivity index (χ3n) is 3.10. The molecule has 1 aliphatic rings. The van der Waals surface area contributed by atoms with Crippen molar-refractivity contribution < 1.29 is 4.74 Å². The predicted octanol–water partition coefficient (Wildman–Crippen LogP) is 2.14. The van der Waals surface area contributed by atoms with Gasteiger partial charge in [-0.05, 0) is 36.3 Å². The summed E-state index contributed by atoms with van der Waals surface area (Å²) in [5.74, 6) is 0.483. The van der Waals surface area contributed by atoms with Gasteiger partial charge in [-0.2, -0.15) is 15.0 Å². The van der Waals surface area contributed by atoms with Crippen LogP contribution in [-0.4, -0.2) is 28.6 Å². The van der Waals surface area contributed by atoms with Crippen molar-refractivity contribution in [2.75, 3.05) is 19.0 Å². The molecule has 1 saturated carbocycles. The lowest BCUT2D eigenvalue weighted by molar-refractivity contribution is 0.378. The van der Waals surface area contributed by atoms with Crippen LogP contribution in [0.5, 0.6) is 6.01 Å². The molecule has 0 atom stereocenters. The zero-order valence-corrected chi connectivity index (χ0v) is 10.2. The molecule has 1 aromatic rings. The molecule has 1 aliphatic carbocycles. The van der Waals surface area contributed by atoms with Crippen molar-refractivity contribution in [2.24, 2.45) is 5.41 Å². The second kappa shape index (κ2) is 4.41. The highest BCUT2D eigenvalue weighted by molar-refractivity contribution is 6.28. The van der Waals surface area contributed by atoms with Gasteiger partial charge in [-0.1, -0.05) is 6.92 Å². The van der Waals surface area contributed by atoms with Crippen LogP contribution in [0.15, 0.2) is 0 Å². The average molecular weight is 243 g/mol. The summed E-state index contributed by atoms with van der Waals surface area (Å²) >= 11 is 5.75. The van der Waals surface area contributed by atoms with E-state index in [1.165, 1.54) is 26.4 Å². The number of methoxy groups -OCH3 is 1. The number of halogens is 1. The fourth-order valence-electron chi connectivity index (χ4n) is 1.60. The smallest absolute Gasteiger partial charge is 0.322 e. The molecule has 0 aliphatic heterocycles. The molecule has 0 aromatic carbocycles. The number of nitrogens with one attached hydrogen (secondary N) is 1. The standard InChI is InChI=1S/C10H15ClN4O/c1-3-10(4-5-10)6-12-8-13-7(11)14-9(15-8)16-2/h3-6H2,1-2H3,(H,12,13,14,15). The van der Waals surface area contributed by atoms with Crippen LogP contribution in [0.1, 0.15) is 26.2 Å². The molecule has 1 heterocycles. The number of hydrogen-bond donors (Lipinski definition) is 1.